The van der Waals surface area contributed by atoms with E-state index in [0.717, 1.165) is 0 Å². The molecule has 12 heteroatoms. The summed E-state index contributed by atoms with van der Waals surface area (Å²) < 4.78 is 43.7. The van der Waals surface area contributed by atoms with Gasteiger partial charge in [0.1, 0.15) is 28.5 Å². The van der Waals surface area contributed by atoms with Gasteiger partial charge in [-0.3, -0.25) is 9.59 Å². The fourth-order valence-electron chi connectivity index (χ4n) is 2.50. The highest BCUT2D eigenvalue weighted by molar-refractivity contribution is 8.01. The standard InChI is InChI=1S/C19H12ClF3N4O3S/c1-2-30-18(29)14(15(28)19(21,22)23)31-17-12(8-25)13(11(7-24)16(26)27-17)9-4-3-5-10(20)6-9/h3-6,14H,2H2,1H3,(H2,26,27). The summed E-state index contributed by atoms with van der Waals surface area (Å²) in [6.07, 6.45) is -5.34. The number of carbonyl (C=O) groups is 2. The predicted molar refractivity (Wildman–Crippen MR) is 106 cm³/mol. The second-order valence-electron chi connectivity index (χ2n) is 5.77. The Bertz CT molecular complexity index is 1130. The van der Waals surface area contributed by atoms with Crippen molar-refractivity contribution in [3.63, 3.8) is 0 Å². The maximum Gasteiger partial charge on any atom is 0.451 e. The molecule has 1 unspecified atom stereocenters. The van der Waals surface area contributed by atoms with E-state index in [0.29, 0.717) is 0 Å². The smallest absolute Gasteiger partial charge is 0.451 e. The molecule has 1 heterocycles. The number of aromatic nitrogens is 1. The summed E-state index contributed by atoms with van der Waals surface area (Å²) >= 11 is 6.04. The number of carbonyl (C=O) groups excluding carboxylic acids is 2. The van der Waals surface area contributed by atoms with Crippen LogP contribution in [-0.4, -0.2) is 34.8 Å². The molecule has 7 nitrogen and oxygen atoms in total. The normalized spacial score (nSPS) is 11.8. The Balaban J connectivity index is 2.73. The van der Waals surface area contributed by atoms with Crippen molar-refractivity contribution in [1.82, 2.24) is 4.98 Å². The molecule has 1 aromatic carbocycles. The van der Waals surface area contributed by atoms with Gasteiger partial charge < -0.3 is 10.5 Å². The lowest BCUT2D eigenvalue weighted by Crippen LogP contribution is -2.38. The van der Waals surface area contributed by atoms with E-state index < -0.39 is 34.0 Å². The first-order valence-electron chi connectivity index (χ1n) is 8.39. The molecule has 0 bridgehead atoms. The lowest BCUT2D eigenvalue weighted by Gasteiger charge is -2.18. The van der Waals surface area contributed by atoms with E-state index in [-0.39, 0.29) is 45.6 Å². The van der Waals surface area contributed by atoms with E-state index in [2.05, 4.69) is 9.72 Å². The number of esters is 1. The summed E-state index contributed by atoms with van der Waals surface area (Å²) in [4.78, 5) is 27.7. The number of alkyl halides is 3. The number of rotatable bonds is 6. The van der Waals surface area contributed by atoms with Crippen LogP contribution in [-0.2, 0) is 14.3 Å². The average Bonchev–Trinajstić information content (AvgIpc) is 2.70. The van der Waals surface area contributed by atoms with Gasteiger partial charge in [0.05, 0.1) is 12.2 Å². The summed E-state index contributed by atoms with van der Waals surface area (Å²) in [6.45, 7) is 1.08. The Morgan fingerprint density at radius 2 is 1.94 bits per heavy atom. The molecule has 0 aliphatic heterocycles. The van der Waals surface area contributed by atoms with Crippen LogP contribution in [0.4, 0.5) is 19.0 Å². The van der Waals surface area contributed by atoms with Gasteiger partial charge in [-0.15, -0.1) is 0 Å². The Labute approximate surface area is 183 Å². The number of ketones is 1. The number of nitrogens with two attached hydrogens (primary N) is 1. The molecule has 31 heavy (non-hydrogen) atoms. The second kappa shape index (κ2) is 9.69. The van der Waals surface area contributed by atoms with E-state index in [9.17, 15) is 33.3 Å². The average molecular weight is 469 g/mol. The van der Waals surface area contributed by atoms with E-state index in [4.69, 9.17) is 17.3 Å². The number of Topliss-reactive ketones (excluding diaryl/α,β-unsaturated/α-hetero) is 1. The van der Waals surface area contributed by atoms with Crippen LogP contribution in [0.2, 0.25) is 5.02 Å². The molecule has 0 aliphatic carbocycles. The van der Waals surface area contributed by atoms with Gasteiger partial charge in [-0.05, 0) is 24.6 Å². The van der Waals surface area contributed by atoms with Gasteiger partial charge in [0.25, 0.3) is 5.78 Å². The highest BCUT2D eigenvalue weighted by Crippen LogP contribution is 2.39. The quantitative estimate of drug-likeness (QED) is 0.384. The number of hydrogen-bond donors (Lipinski definition) is 1. The van der Waals surface area contributed by atoms with Crippen molar-refractivity contribution in [2.75, 3.05) is 12.3 Å². The number of nitrogens with zero attached hydrogens (tertiary/aromatic N) is 3. The fourth-order valence-corrected chi connectivity index (χ4v) is 3.74. The Kier molecular flexibility index (Phi) is 7.50. The molecular weight excluding hydrogens is 457 g/mol. The van der Waals surface area contributed by atoms with Gasteiger partial charge in [-0.2, -0.15) is 23.7 Å². The lowest BCUT2D eigenvalue weighted by molar-refractivity contribution is -0.173. The zero-order valence-electron chi connectivity index (χ0n) is 15.7. The van der Waals surface area contributed by atoms with Crippen molar-refractivity contribution in [3.05, 3.63) is 40.4 Å². The molecule has 2 aromatic rings. The lowest BCUT2D eigenvalue weighted by atomic mass is 9.97. The van der Waals surface area contributed by atoms with E-state index in [1.54, 1.807) is 12.1 Å². The first-order chi connectivity index (χ1) is 14.5. The molecule has 0 radical (unpaired) electrons. The van der Waals surface area contributed by atoms with E-state index >= 15 is 0 Å². The van der Waals surface area contributed by atoms with Crippen molar-refractivity contribution < 1.29 is 27.5 Å². The minimum atomic E-state index is -5.34. The molecule has 1 atom stereocenters. The molecule has 0 fully saturated rings. The third-order valence-corrected chi connectivity index (χ3v) is 5.17. The van der Waals surface area contributed by atoms with Gasteiger partial charge >= 0.3 is 12.1 Å². The molecule has 0 saturated carbocycles. The number of benzene rings is 1. The molecular formula is C19H12ClF3N4O3S. The fraction of sp³-hybridized carbons (Fsp3) is 0.211. The number of anilines is 1. The monoisotopic (exact) mass is 468 g/mol. The van der Waals surface area contributed by atoms with Crippen LogP contribution >= 0.6 is 23.4 Å². The van der Waals surface area contributed by atoms with Crippen molar-refractivity contribution in [3.8, 4) is 23.3 Å². The van der Waals surface area contributed by atoms with Crippen LogP contribution in [0.15, 0.2) is 29.3 Å². The maximum atomic E-state index is 13.0. The molecule has 2 rings (SSSR count). The minimum absolute atomic E-state index is 0.0374. The maximum absolute atomic E-state index is 13.0. The molecule has 160 valence electrons. The molecule has 0 aliphatic rings. The second-order valence-corrected chi connectivity index (χ2v) is 7.30. The third-order valence-electron chi connectivity index (χ3n) is 3.78. The Morgan fingerprint density at radius 1 is 1.29 bits per heavy atom. The SMILES string of the molecule is CCOC(=O)C(Sc1nc(N)c(C#N)c(-c2cccc(Cl)c2)c1C#N)C(=O)C(F)(F)F. The Morgan fingerprint density at radius 3 is 2.45 bits per heavy atom. The number of ether oxygens (including phenoxy) is 1. The van der Waals surface area contributed by atoms with Crippen molar-refractivity contribution >= 4 is 40.9 Å². The number of pyridine rings is 1. The molecule has 2 N–H and O–H groups in total. The number of nitrogen functional groups attached to an aromatic ring is 1. The number of nitriles is 2. The van der Waals surface area contributed by atoms with Gasteiger partial charge in [0, 0.05) is 10.6 Å². The molecule has 0 spiro atoms. The largest absolute Gasteiger partial charge is 0.465 e. The number of halogens is 4. The zero-order chi connectivity index (χ0) is 23.3. The first-order valence-corrected chi connectivity index (χ1v) is 9.64. The van der Waals surface area contributed by atoms with Crippen LogP contribution in [0.25, 0.3) is 11.1 Å². The summed E-state index contributed by atoms with van der Waals surface area (Å²) in [5.74, 6) is -4.23. The van der Waals surface area contributed by atoms with Crippen LogP contribution in [0.5, 0.6) is 0 Å². The Hall–Kier alpha value is -3.28. The van der Waals surface area contributed by atoms with E-state index in [1.165, 1.54) is 31.2 Å². The minimum Gasteiger partial charge on any atom is -0.465 e. The number of hydrogen-bond acceptors (Lipinski definition) is 8. The summed E-state index contributed by atoms with van der Waals surface area (Å²) in [7, 11) is 0. The van der Waals surface area contributed by atoms with Crippen LogP contribution < -0.4 is 5.73 Å². The molecule has 1 aromatic heterocycles. The van der Waals surface area contributed by atoms with Crippen molar-refractivity contribution in [2.24, 2.45) is 0 Å². The number of thioether (sulfide) groups is 1. The highest BCUT2D eigenvalue weighted by Gasteiger charge is 2.48. The summed E-state index contributed by atoms with van der Waals surface area (Å²) in [5.41, 5.74) is 5.47. The van der Waals surface area contributed by atoms with Gasteiger partial charge in [0.15, 0.2) is 5.25 Å². The predicted octanol–water partition coefficient (Wildman–Crippen LogP) is 3.88. The van der Waals surface area contributed by atoms with Crippen LogP contribution in [0, 0.1) is 22.7 Å². The molecule has 0 amide bonds. The summed E-state index contributed by atoms with van der Waals surface area (Å²) in [6, 6.07) is 9.53. The topological polar surface area (TPSA) is 130 Å². The van der Waals surface area contributed by atoms with E-state index in [1.807, 2.05) is 0 Å². The van der Waals surface area contributed by atoms with Crippen LogP contribution in [0.3, 0.4) is 0 Å². The van der Waals surface area contributed by atoms with Crippen molar-refractivity contribution in [2.45, 2.75) is 23.4 Å². The molecule has 0 saturated heterocycles. The highest BCUT2D eigenvalue weighted by atomic mass is 35.5. The third kappa shape index (κ3) is 5.26. The zero-order valence-corrected chi connectivity index (χ0v) is 17.2. The van der Waals surface area contributed by atoms with Gasteiger partial charge in [-0.1, -0.05) is 35.5 Å². The summed E-state index contributed by atoms with van der Waals surface area (Å²) in [5, 5.41) is 16.6. The first kappa shape index (κ1) is 24.0. The van der Waals surface area contributed by atoms with Crippen molar-refractivity contribution in [1.29, 1.82) is 10.5 Å². The van der Waals surface area contributed by atoms with Gasteiger partial charge in [-0.25, -0.2) is 4.98 Å². The van der Waals surface area contributed by atoms with Gasteiger partial charge in [0.2, 0.25) is 0 Å². The van der Waals surface area contributed by atoms with Crippen LogP contribution in [0.1, 0.15) is 18.1 Å².